The van der Waals surface area contributed by atoms with Crippen molar-refractivity contribution in [3.05, 3.63) is 95.6 Å². The number of hydrogen-bond donors (Lipinski definition) is 1. The standard InChI is InChI=1S/C26H24N2O5/c1-32-19-12-13-21(29)20(14-19)23-22-24(33-28(23)16-18-10-6-3-7-11-18)26(31)27(25(22)30)15-17-8-4-2-5-9-17/h2-14,22-24,29H,15-16H2,1H3. The minimum atomic E-state index is -0.944. The highest BCUT2D eigenvalue weighted by atomic mass is 16.7. The highest BCUT2D eigenvalue weighted by molar-refractivity contribution is 6.07. The maximum Gasteiger partial charge on any atom is 0.261 e. The van der Waals surface area contributed by atoms with Crippen molar-refractivity contribution in [3.8, 4) is 11.5 Å². The summed E-state index contributed by atoms with van der Waals surface area (Å²) in [6, 6.07) is 23.3. The second kappa shape index (κ2) is 8.69. The number of phenolic OH excluding ortho intramolecular Hbond substituents is 1. The lowest BCUT2D eigenvalue weighted by Crippen LogP contribution is -2.36. The summed E-state index contributed by atoms with van der Waals surface area (Å²) in [5.74, 6) is -0.884. The summed E-state index contributed by atoms with van der Waals surface area (Å²) in [7, 11) is 1.54. The van der Waals surface area contributed by atoms with Gasteiger partial charge in [-0.1, -0.05) is 60.7 Å². The zero-order valence-corrected chi connectivity index (χ0v) is 18.1. The highest BCUT2D eigenvalue weighted by Crippen LogP contribution is 2.48. The first-order chi connectivity index (χ1) is 16.1. The van der Waals surface area contributed by atoms with Gasteiger partial charge in [0.2, 0.25) is 5.91 Å². The largest absolute Gasteiger partial charge is 0.508 e. The smallest absolute Gasteiger partial charge is 0.261 e. The molecule has 7 nitrogen and oxygen atoms in total. The zero-order chi connectivity index (χ0) is 22.9. The predicted molar refractivity (Wildman–Crippen MR) is 120 cm³/mol. The van der Waals surface area contributed by atoms with E-state index in [1.54, 1.807) is 17.2 Å². The van der Waals surface area contributed by atoms with Crippen LogP contribution in [0.1, 0.15) is 22.7 Å². The quantitative estimate of drug-likeness (QED) is 0.587. The molecule has 0 aromatic heterocycles. The van der Waals surface area contributed by atoms with E-state index in [4.69, 9.17) is 9.57 Å². The van der Waals surface area contributed by atoms with Crippen LogP contribution in [0.15, 0.2) is 78.9 Å². The van der Waals surface area contributed by atoms with Gasteiger partial charge in [0.1, 0.15) is 11.5 Å². The predicted octanol–water partition coefficient (Wildman–Crippen LogP) is 3.44. The van der Waals surface area contributed by atoms with Crippen LogP contribution in [0.3, 0.4) is 0 Å². The Morgan fingerprint density at radius 2 is 1.52 bits per heavy atom. The number of nitrogens with zero attached hydrogens (tertiary/aromatic N) is 2. The number of amides is 2. The van der Waals surface area contributed by atoms with Crippen molar-refractivity contribution in [2.75, 3.05) is 7.11 Å². The van der Waals surface area contributed by atoms with E-state index in [-0.39, 0.29) is 24.1 Å². The van der Waals surface area contributed by atoms with Crippen molar-refractivity contribution >= 4 is 11.8 Å². The SMILES string of the molecule is COc1ccc(O)c(C2C3C(=O)N(Cc4ccccc4)C(=O)C3ON2Cc2ccccc2)c1. The van der Waals surface area contributed by atoms with Crippen LogP contribution in [0.25, 0.3) is 0 Å². The third kappa shape index (κ3) is 3.86. The molecule has 0 aliphatic carbocycles. The van der Waals surface area contributed by atoms with Gasteiger partial charge in [0.25, 0.3) is 5.91 Å². The molecule has 168 valence electrons. The summed E-state index contributed by atoms with van der Waals surface area (Å²) in [4.78, 5) is 34.1. The number of likely N-dealkylation sites (tertiary alicyclic amines) is 1. The Hall–Kier alpha value is -3.68. The van der Waals surface area contributed by atoms with E-state index in [2.05, 4.69) is 0 Å². The Morgan fingerprint density at radius 3 is 2.15 bits per heavy atom. The molecule has 2 saturated heterocycles. The molecule has 0 spiro atoms. The van der Waals surface area contributed by atoms with Crippen LogP contribution in [0.5, 0.6) is 11.5 Å². The van der Waals surface area contributed by atoms with E-state index in [1.165, 1.54) is 18.1 Å². The fourth-order valence-corrected chi connectivity index (χ4v) is 4.59. The minimum Gasteiger partial charge on any atom is -0.508 e. The second-order valence-electron chi connectivity index (χ2n) is 8.23. The summed E-state index contributed by atoms with van der Waals surface area (Å²) in [6.45, 7) is 0.540. The van der Waals surface area contributed by atoms with Crippen LogP contribution >= 0.6 is 0 Å². The molecule has 3 aromatic rings. The Balaban J connectivity index is 1.52. The van der Waals surface area contributed by atoms with Gasteiger partial charge in [0.05, 0.1) is 25.6 Å². The maximum atomic E-state index is 13.5. The molecule has 1 N–H and O–H groups in total. The van der Waals surface area contributed by atoms with E-state index < -0.39 is 18.1 Å². The number of imide groups is 1. The summed E-state index contributed by atoms with van der Waals surface area (Å²) < 4.78 is 5.35. The molecule has 2 aliphatic heterocycles. The van der Waals surface area contributed by atoms with Gasteiger partial charge in [-0.05, 0) is 29.3 Å². The Bertz CT molecular complexity index is 1170. The molecular formula is C26H24N2O5. The first kappa shape index (κ1) is 21.2. The number of hydrogen-bond acceptors (Lipinski definition) is 6. The number of carbonyl (C=O) groups is 2. The molecule has 3 unspecified atom stereocenters. The second-order valence-corrected chi connectivity index (χ2v) is 8.23. The number of phenols is 1. The van der Waals surface area contributed by atoms with Crippen LogP contribution in [-0.2, 0) is 27.5 Å². The van der Waals surface area contributed by atoms with E-state index in [0.717, 1.165) is 11.1 Å². The molecule has 0 bridgehead atoms. The highest BCUT2D eigenvalue weighted by Gasteiger charge is 2.59. The summed E-state index contributed by atoms with van der Waals surface area (Å²) in [5, 5.41) is 12.3. The van der Waals surface area contributed by atoms with Crippen LogP contribution in [0, 0.1) is 5.92 Å². The molecule has 3 aromatic carbocycles. The summed E-state index contributed by atoms with van der Waals surface area (Å²) in [6.07, 6.45) is -0.944. The van der Waals surface area contributed by atoms with E-state index in [1.807, 2.05) is 60.7 Å². The average molecular weight is 444 g/mol. The van der Waals surface area contributed by atoms with Gasteiger partial charge in [-0.15, -0.1) is 0 Å². The molecule has 0 saturated carbocycles. The normalized spacial score (nSPS) is 22.6. The third-order valence-corrected chi connectivity index (χ3v) is 6.20. The number of methoxy groups -OCH3 is 1. The van der Waals surface area contributed by atoms with Crippen molar-refractivity contribution < 1.29 is 24.3 Å². The summed E-state index contributed by atoms with van der Waals surface area (Å²) in [5.41, 5.74) is 2.31. The van der Waals surface area contributed by atoms with Gasteiger partial charge in [-0.25, -0.2) is 0 Å². The molecular weight excluding hydrogens is 420 g/mol. The van der Waals surface area contributed by atoms with Crippen molar-refractivity contribution in [2.24, 2.45) is 5.92 Å². The number of fused-ring (bicyclic) bond motifs is 1. The minimum absolute atomic E-state index is 0.0184. The summed E-state index contributed by atoms with van der Waals surface area (Å²) >= 11 is 0. The fourth-order valence-electron chi connectivity index (χ4n) is 4.59. The Morgan fingerprint density at radius 1 is 0.879 bits per heavy atom. The van der Waals surface area contributed by atoms with E-state index >= 15 is 0 Å². The van der Waals surface area contributed by atoms with E-state index in [0.29, 0.717) is 17.9 Å². The van der Waals surface area contributed by atoms with Crippen LogP contribution in [0.2, 0.25) is 0 Å². The van der Waals surface area contributed by atoms with Crippen molar-refractivity contribution in [3.63, 3.8) is 0 Å². The molecule has 33 heavy (non-hydrogen) atoms. The van der Waals surface area contributed by atoms with Gasteiger partial charge >= 0.3 is 0 Å². The zero-order valence-electron chi connectivity index (χ0n) is 18.1. The average Bonchev–Trinajstić information content (AvgIpc) is 3.31. The molecule has 2 heterocycles. The first-order valence-electron chi connectivity index (χ1n) is 10.8. The van der Waals surface area contributed by atoms with Crippen LogP contribution in [0.4, 0.5) is 0 Å². The number of rotatable bonds is 6. The molecule has 3 atom stereocenters. The third-order valence-electron chi connectivity index (χ3n) is 6.20. The van der Waals surface area contributed by atoms with Crippen molar-refractivity contribution in [2.45, 2.75) is 25.2 Å². The van der Waals surface area contributed by atoms with E-state index in [9.17, 15) is 14.7 Å². The maximum absolute atomic E-state index is 13.5. The molecule has 2 fully saturated rings. The van der Waals surface area contributed by atoms with Gasteiger partial charge in [-0.2, -0.15) is 5.06 Å². The van der Waals surface area contributed by atoms with Crippen molar-refractivity contribution in [1.82, 2.24) is 9.96 Å². The molecule has 7 heteroatoms. The lowest BCUT2D eigenvalue weighted by Gasteiger charge is -2.28. The Kier molecular flexibility index (Phi) is 5.58. The van der Waals surface area contributed by atoms with Gasteiger partial charge in [-0.3, -0.25) is 19.3 Å². The van der Waals surface area contributed by atoms with Crippen molar-refractivity contribution in [1.29, 1.82) is 0 Å². The van der Waals surface area contributed by atoms with Crippen LogP contribution in [-0.4, -0.2) is 40.1 Å². The number of hydroxylamine groups is 2. The molecule has 2 aliphatic rings. The Labute approximate surface area is 191 Å². The first-order valence-corrected chi connectivity index (χ1v) is 10.8. The lowest BCUT2D eigenvalue weighted by molar-refractivity contribution is -0.184. The molecule has 5 rings (SSSR count). The van der Waals surface area contributed by atoms with Gasteiger partial charge < -0.3 is 9.84 Å². The fraction of sp³-hybridized carbons (Fsp3) is 0.231. The monoisotopic (exact) mass is 444 g/mol. The number of aromatic hydroxyl groups is 1. The topological polar surface area (TPSA) is 79.3 Å². The number of benzene rings is 3. The number of carbonyl (C=O) groups excluding carboxylic acids is 2. The molecule has 2 amide bonds. The number of ether oxygens (including phenoxy) is 1. The van der Waals surface area contributed by atoms with Crippen LogP contribution < -0.4 is 4.74 Å². The molecule has 0 radical (unpaired) electrons. The lowest BCUT2D eigenvalue weighted by atomic mass is 9.90. The van der Waals surface area contributed by atoms with Gasteiger partial charge in [0.15, 0.2) is 6.10 Å². The van der Waals surface area contributed by atoms with Gasteiger partial charge in [0, 0.05) is 12.1 Å².